The second-order valence-corrected chi connectivity index (χ2v) is 15.4. The van der Waals surface area contributed by atoms with Crippen molar-refractivity contribution in [3.05, 3.63) is 141 Å². The highest BCUT2D eigenvalue weighted by atomic mass is 35.5. The maximum Gasteiger partial charge on any atom is 0.326 e. The van der Waals surface area contributed by atoms with Gasteiger partial charge in [0.2, 0.25) is 0 Å². The smallest absolute Gasteiger partial charge is 0.326 e. The third kappa shape index (κ3) is 12.4. The predicted molar refractivity (Wildman–Crippen MR) is 234 cm³/mol. The van der Waals surface area contributed by atoms with Crippen molar-refractivity contribution >= 4 is 46.9 Å². The van der Waals surface area contributed by atoms with Crippen molar-refractivity contribution in [1.29, 1.82) is 0 Å². The number of halogens is 4. The number of rotatable bonds is 12. The lowest BCUT2D eigenvalue weighted by Crippen LogP contribution is -2.37. The quantitative estimate of drug-likeness (QED) is 0.109. The molecule has 15 heteroatoms. The number of aliphatic hydroxyl groups is 2. The molecule has 2 aromatic heterocycles. The summed E-state index contributed by atoms with van der Waals surface area (Å²) < 4.78 is 29.7. The molecular weight excluding hydrogens is 801 g/mol. The summed E-state index contributed by atoms with van der Waals surface area (Å²) in [4.78, 5) is 34.9. The Labute approximate surface area is 354 Å². The first kappa shape index (κ1) is 47.3. The molecule has 2 aliphatic rings. The number of aromatic nitrogens is 4. The van der Waals surface area contributed by atoms with Crippen molar-refractivity contribution in [2.24, 2.45) is 11.8 Å². The fourth-order valence-corrected chi connectivity index (χ4v) is 8.31. The molecule has 2 fully saturated rings. The minimum Gasteiger partial charge on any atom is -0.412 e. The van der Waals surface area contributed by atoms with Crippen LogP contribution in [-0.2, 0) is 13.1 Å². The highest BCUT2D eigenvalue weighted by molar-refractivity contribution is 5.85. The number of para-hydroxylation sites is 4. The van der Waals surface area contributed by atoms with Crippen molar-refractivity contribution in [3.8, 4) is 0 Å². The summed E-state index contributed by atoms with van der Waals surface area (Å²) in [7, 11) is 0. The Hall–Kier alpha value is -4.34. The molecule has 6 aromatic rings. The molecule has 2 aliphatic heterocycles. The van der Waals surface area contributed by atoms with Crippen molar-refractivity contribution in [2.45, 2.75) is 63.8 Å². The van der Waals surface area contributed by atoms with E-state index in [2.05, 4.69) is 19.8 Å². The average Bonchev–Trinajstić information content (AvgIpc) is 3.71. The van der Waals surface area contributed by atoms with Crippen molar-refractivity contribution in [3.63, 3.8) is 0 Å². The molecule has 8 rings (SSSR count). The van der Waals surface area contributed by atoms with Gasteiger partial charge < -0.3 is 35.5 Å². The summed E-state index contributed by atoms with van der Waals surface area (Å²) in [6, 6.07) is 27.8. The van der Waals surface area contributed by atoms with Crippen LogP contribution >= 0.6 is 24.8 Å². The Kier molecular flexibility index (Phi) is 17.9. The second kappa shape index (κ2) is 22.3. The van der Waals surface area contributed by atoms with Crippen LogP contribution in [0, 0.1) is 23.5 Å². The highest BCUT2D eigenvalue weighted by Crippen LogP contribution is 2.30. The van der Waals surface area contributed by atoms with Crippen LogP contribution < -0.4 is 11.4 Å². The highest BCUT2D eigenvalue weighted by Gasteiger charge is 2.24. The van der Waals surface area contributed by atoms with Crippen LogP contribution in [0.1, 0.15) is 61.9 Å². The molecule has 0 bridgehead atoms. The molecule has 0 saturated carbocycles. The van der Waals surface area contributed by atoms with Crippen molar-refractivity contribution in [1.82, 2.24) is 28.9 Å². The molecule has 2 saturated heterocycles. The first-order valence-corrected chi connectivity index (χ1v) is 19.9. The Morgan fingerprint density at radius 2 is 0.881 bits per heavy atom. The van der Waals surface area contributed by atoms with Crippen LogP contribution in [0.15, 0.2) is 107 Å². The molecule has 6 N–H and O–H groups in total. The van der Waals surface area contributed by atoms with E-state index in [9.17, 15) is 28.6 Å². The normalized spacial score (nSPS) is 16.3. The van der Waals surface area contributed by atoms with Crippen LogP contribution in [0.5, 0.6) is 0 Å². The van der Waals surface area contributed by atoms with Gasteiger partial charge in [0.15, 0.2) is 0 Å². The summed E-state index contributed by atoms with van der Waals surface area (Å²) in [5.74, 6) is 0.372. The first-order chi connectivity index (χ1) is 27.2. The Morgan fingerprint density at radius 3 is 1.24 bits per heavy atom. The third-order valence-corrected chi connectivity index (χ3v) is 11.7. The van der Waals surface area contributed by atoms with Gasteiger partial charge >= 0.3 is 11.4 Å². The Morgan fingerprint density at radius 1 is 0.542 bits per heavy atom. The van der Waals surface area contributed by atoms with E-state index in [1.165, 1.54) is 24.3 Å². The van der Waals surface area contributed by atoms with E-state index in [-0.39, 0.29) is 53.3 Å². The molecule has 11 nitrogen and oxygen atoms in total. The van der Waals surface area contributed by atoms with Gasteiger partial charge in [-0.3, -0.25) is 9.13 Å². The molecule has 2 unspecified atom stereocenters. The number of piperidine rings is 2. The number of likely N-dealkylation sites (tertiary alicyclic amines) is 2. The van der Waals surface area contributed by atoms with Crippen LogP contribution in [0.25, 0.3) is 22.1 Å². The second-order valence-electron chi connectivity index (χ2n) is 15.4. The minimum absolute atomic E-state index is 0. The first-order valence-electron chi connectivity index (χ1n) is 19.9. The van der Waals surface area contributed by atoms with E-state index in [0.29, 0.717) is 37.8 Å². The summed E-state index contributed by atoms with van der Waals surface area (Å²) >= 11 is 0. The molecule has 0 radical (unpaired) electrons. The topological polar surface area (TPSA) is 154 Å². The number of hydrogen-bond donors (Lipinski definition) is 4. The molecule has 0 aliphatic carbocycles. The largest absolute Gasteiger partial charge is 0.412 e. The summed E-state index contributed by atoms with van der Waals surface area (Å²) in [5.41, 5.74) is 5.10. The molecule has 4 heterocycles. The SMILES string of the molecule is Cl.Cl.O.O=c1[nH]c2ccccc2n1CCN1CCC(CC(O)c2ccc(F)cc2)CC1.O=c1[nH]c2ccccc2n1CCN1CCC(CC(O)c2ccc(F)cc2)CC1. The molecule has 0 spiro atoms. The number of nitrogens with zero attached hydrogens (tertiary/aromatic N) is 4. The fraction of sp³-hybridized carbons (Fsp3) is 0.409. The Balaban J connectivity index is 0.000000248. The number of fused-ring (bicyclic) bond motifs is 2. The molecule has 4 aromatic carbocycles. The maximum atomic E-state index is 13.0. The van der Waals surface area contributed by atoms with Gasteiger partial charge in [0.25, 0.3) is 0 Å². The van der Waals surface area contributed by atoms with Crippen LogP contribution in [-0.4, -0.2) is 83.9 Å². The molecule has 59 heavy (non-hydrogen) atoms. The van der Waals surface area contributed by atoms with E-state index < -0.39 is 12.2 Å². The lowest BCUT2D eigenvalue weighted by atomic mass is 9.89. The van der Waals surface area contributed by atoms with E-state index in [1.807, 2.05) is 48.5 Å². The van der Waals surface area contributed by atoms with Gasteiger partial charge in [-0.25, -0.2) is 18.4 Å². The van der Waals surface area contributed by atoms with Crippen molar-refractivity contribution in [2.75, 3.05) is 39.3 Å². The number of hydrogen-bond acceptors (Lipinski definition) is 6. The lowest BCUT2D eigenvalue weighted by Gasteiger charge is -2.33. The summed E-state index contributed by atoms with van der Waals surface area (Å²) in [5, 5.41) is 20.8. The fourth-order valence-electron chi connectivity index (χ4n) is 8.31. The monoisotopic (exact) mass is 856 g/mol. The number of imidazole rings is 2. The van der Waals surface area contributed by atoms with E-state index in [4.69, 9.17) is 0 Å². The van der Waals surface area contributed by atoms with Crippen molar-refractivity contribution < 1.29 is 24.5 Å². The summed E-state index contributed by atoms with van der Waals surface area (Å²) in [6.07, 6.45) is 4.45. The Bertz CT molecular complexity index is 2120. The van der Waals surface area contributed by atoms with E-state index >= 15 is 0 Å². The van der Waals surface area contributed by atoms with Gasteiger partial charge in [-0.15, -0.1) is 24.8 Å². The zero-order chi connectivity index (χ0) is 39.0. The number of aliphatic hydroxyl groups excluding tert-OH is 2. The standard InChI is InChI=1S/2C22H26FN3O2.2ClH.H2O/c2*23-18-7-5-17(6-8-18)21(27)15-16-9-11-25(12-10-16)13-14-26-20-4-2-1-3-19(20)24-22(26)28;;;/h2*1-8,16,21,27H,9-15H2,(H,24,28);2*1H;1H2. The number of nitrogens with one attached hydrogen (secondary N) is 2. The molecule has 2 atom stereocenters. The van der Waals surface area contributed by atoms with Gasteiger partial charge in [0.1, 0.15) is 11.6 Å². The average molecular weight is 858 g/mol. The lowest BCUT2D eigenvalue weighted by molar-refractivity contribution is 0.106. The number of benzene rings is 4. The zero-order valence-corrected chi connectivity index (χ0v) is 34.7. The molecular formula is C44H56Cl2F2N6O5. The maximum absolute atomic E-state index is 13.0. The van der Waals surface area contributed by atoms with Gasteiger partial charge in [-0.05, 0) is 136 Å². The van der Waals surface area contributed by atoms with E-state index in [0.717, 1.165) is 98.1 Å². The molecule has 320 valence electrons. The molecule has 0 amide bonds. The van der Waals surface area contributed by atoms with Crippen LogP contribution in [0.4, 0.5) is 8.78 Å². The van der Waals surface area contributed by atoms with Gasteiger partial charge in [0, 0.05) is 26.2 Å². The third-order valence-electron chi connectivity index (χ3n) is 11.7. The summed E-state index contributed by atoms with van der Waals surface area (Å²) in [6.45, 7) is 6.91. The number of H-pyrrole nitrogens is 2. The zero-order valence-electron chi connectivity index (χ0n) is 33.0. The van der Waals surface area contributed by atoms with E-state index in [1.54, 1.807) is 33.4 Å². The number of aromatic amines is 2. The van der Waals surface area contributed by atoms with Gasteiger partial charge in [-0.1, -0.05) is 48.5 Å². The van der Waals surface area contributed by atoms with Crippen LogP contribution in [0.3, 0.4) is 0 Å². The van der Waals surface area contributed by atoms with Gasteiger partial charge in [0.05, 0.1) is 34.3 Å². The predicted octanol–water partition coefficient (Wildman–Crippen LogP) is 6.63. The van der Waals surface area contributed by atoms with Gasteiger partial charge in [-0.2, -0.15) is 0 Å². The minimum atomic E-state index is -0.540. The van der Waals surface area contributed by atoms with Crippen LogP contribution in [0.2, 0.25) is 0 Å².